The van der Waals surface area contributed by atoms with E-state index in [1.54, 1.807) is 7.11 Å². The minimum Gasteiger partial charge on any atom is -0.495 e. The molecule has 0 amide bonds. The van der Waals surface area contributed by atoms with E-state index in [0.717, 1.165) is 45.4 Å². The SMILES string of the molecule is COc1ccc(NC2=Nc3ccccc3N3C2=Nc2c(c(C)nn2-c2ccccc2)C3c2cccc(Cl)c2)cc1Cl. The Balaban J connectivity index is 1.48. The summed E-state index contributed by atoms with van der Waals surface area (Å²) in [6.07, 6.45) is 0. The first-order valence-electron chi connectivity index (χ1n) is 13.1. The van der Waals surface area contributed by atoms with Crippen molar-refractivity contribution in [2.75, 3.05) is 17.3 Å². The van der Waals surface area contributed by atoms with Crippen LogP contribution >= 0.6 is 23.2 Å². The highest BCUT2D eigenvalue weighted by molar-refractivity contribution is 6.51. The van der Waals surface area contributed by atoms with E-state index in [4.69, 9.17) is 43.0 Å². The molecular formula is C32H24Cl2N6O. The van der Waals surface area contributed by atoms with Gasteiger partial charge in [0, 0.05) is 16.3 Å². The van der Waals surface area contributed by atoms with Crippen molar-refractivity contribution in [1.82, 2.24) is 9.78 Å². The molecule has 3 heterocycles. The van der Waals surface area contributed by atoms with Crippen LogP contribution in [0, 0.1) is 6.92 Å². The second-order valence-corrected chi connectivity index (χ2v) is 10.6. The molecule has 2 aliphatic heterocycles. The van der Waals surface area contributed by atoms with E-state index in [-0.39, 0.29) is 6.04 Å². The number of aryl methyl sites for hydroxylation is 1. The summed E-state index contributed by atoms with van der Waals surface area (Å²) in [4.78, 5) is 12.5. The van der Waals surface area contributed by atoms with E-state index in [1.165, 1.54) is 0 Å². The second-order valence-electron chi connectivity index (χ2n) is 9.76. The topological polar surface area (TPSA) is 67.0 Å². The monoisotopic (exact) mass is 578 g/mol. The van der Waals surface area contributed by atoms with Crippen LogP contribution < -0.4 is 15.0 Å². The van der Waals surface area contributed by atoms with Crippen LogP contribution in [0.4, 0.5) is 22.9 Å². The molecule has 1 atom stereocenters. The number of aromatic nitrogens is 2. The Labute approximate surface area is 247 Å². The maximum Gasteiger partial charge on any atom is 0.179 e. The number of para-hydroxylation sites is 3. The smallest absolute Gasteiger partial charge is 0.179 e. The van der Waals surface area contributed by atoms with Crippen molar-refractivity contribution in [3.05, 3.63) is 124 Å². The summed E-state index contributed by atoms with van der Waals surface area (Å²) in [6, 6.07) is 31.3. The molecule has 9 heteroatoms. The van der Waals surface area contributed by atoms with Gasteiger partial charge >= 0.3 is 0 Å². The van der Waals surface area contributed by atoms with Gasteiger partial charge in [0.15, 0.2) is 17.5 Å². The zero-order chi connectivity index (χ0) is 28.1. The number of anilines is 2. The summed E-state index contributed by atoms with van der Waals surface area (Å²) in [7, 11) is 1.59. The van der Waals surface area contributed by atoms with E-state index in [1.807, 2.05) is 96.5 Å². The quantitative estimate of drug-likeness (QED) is 0.233. The average Bonchev–Trinajstić information content (AvgIpc) is 3.32. The van der Waals surface area contributed by atoms with Crippen LogP contribution in [0.5, 0.6) is 5.75 Å². The Morgan fingerprint density at radius 1 is 0.854 bits per heavy atom. The summed E-state index contributed by atoms with van der Waals surface area (Å²) < 4.78 is 7.25. The molecule has 0 saturated heterocycles. The minimum atomic E-state index is -0.262. The predicted molar refractivity (Wildman–Crippen MR) is 166 cm³/mol. The van der Waals surface area contributed by atoms with E-state index >= 15 is 0 Å². The van der Waals surface area contributed by atoms with Crippen LogP contribution in [-0.4, -0.2) is 28.6 Å². The molecule has 0 spiro atoms. The summed E-state index contributed by atoms with van der Waals surface area (Å²) >= 11 is 13.0. The number of methoxy groups -OCH3 is 1. The van der Waals surface area contributed by atoms with E-state index in [2.05, 4.69) is 22.3 Å². The first-order valence-corrected chi connectivity index (χ1v) is 13.8. The molecule has 1 aromatic heterocycles. The first kappa shape index (κ1) is 25.4. The van der Waals surface area contributed by atoms with Crippen molar-refractivity contribution in [3.63, 3.8) is 0 Å². The zero-order valence-corrected chi connectivity index (χ0v) is 23.7. The average molecular weight is 579 g/mol. The van der Waals surface area contributed by atoms with Gasteiger partial charge in [0.2, 0.25) is 0 Å². The number of halogens is 2. The van der Waals surface area contributed by atoms with Crippen LogP contribution in [0.2, 0.25) is 10.0 Å². The maximum atomic E-state index is 6.55. The van der Waals surface area contributed by atoms with Crippen molar-refractivity contribution in [2.24, 2.45) is 9.98 Å². The molecule has 1 N–H and O–H groups in total. The lowest BCUT2D eigenvalue weighted by Crippen LogP contribution is -2.46. The first-order chi connectivity index (χ1) is 20.0. The van der Waals surface area contributed by atoms with Crippen LogP contribution in [0.15, 0.2) is 107 Å². The number of nitrogens with zero attached hydrogens (tertiary/aromatic N) is 5. The minimum absolute atomic E-state index is 0.262. The molecule has 0 saturated carbocycles. The molecule has 0 aliphatic carbocycles. The Morgan fingerprint density at radius 2 is 1.66 bits per heavy atom. The molecule has 7 nitrogen and oxygen atoms in total. The van der Waals surface area contributed by atoms with Crippen LogP contribution in [-0.2, 0) is 0 Å². The number of rotatable bonds is 4. The van der Waals surface area contributed by atoms with Crippen LogP contribution in [0.25, 0.3) is 5.69 Å². The number of amidine groups is 2. The largest absolute Gasteiger partial charge is 0.495 e. The van der Waals surface area contributed by atoms with Gasteiger partial charge in [0.1, 0.15) is 5.75 Å². The maximum absolute atomic E-state index is 6.55. The molecule has 41 heavy (non-hydrogen) atoms. The number of aliphatic imine (C=N–C) groups is 2. The number of fused-ring (bicyclic) bond motifs is 4. The van der Waals surface area contributed by atoms with Crippen molar-refractivity contribution in [3.8, 4) is 11.4 Å². The molecular weight excluding hydrogens is 555 g/mol. The van der Waals surface area contributed by atoms with Crippen molar-refractivity contribution in [1.29, 1.82) is 0 Å². The normalized spacial score (nSPS) is 15.3. The van der Waals surface area contributed by atoms with Crippen LogP contribution in [0.3, 0.4) is 0 Å². The summed E-state index contributed by atoms with van der Waals surface area (Å²) in [5, 5.41) is 9.60. The lowest BCUT2D eigenvalue weighted by atomic mass is 9.93. The van der Waals surface area contributed by atoms with Gasteiger partial charge in [0.05, 0.1) is 40.9 Å². The van der Waals surface area contributed by atoms with Gasteiger partial charge in [-0.3, -0.25) is 0 Å². The molecule has 4 aromatic carbocycles. The number of nitrogens with one attached hydrogen (secondary N) is 1. The predicted octanol–water partition coefficient (Wildman–Crippen LogP) is 8.29. The van der Waals surface area contributed by atoms with Crippen LogP contribution in [0.1, 0.15) is 22.9 Å². The Morgan fingerprint density at radius 3 is 2.44 bits per heavy atom. The summed E-state index contributed by atoms with van der Waals surface area (Å²) in [5.74, 6) is 2.58. The number of ether oxygens (including phenoxy) is 1. The van der Waals surface area contributed by atoms with Gasteiger partial charge < -0.3 is 15.0 Å². The van der Waals surface area contributed by atoms with Crippen molar-refractivity contribution < 1.29 is 4.74 Å². The standard InChI is InChI=1S/C32H24Cl2N6O/c1-19-28-29(20-9-8-10-21(33)17-20)39-26-14-7-6-13-25(26)36-30(35-22-15-16-27(41-2)24(34)18-22)32(39)37-31(28)40(38-19)23-11-4-3-5-12-23/h3-18,29H,1-2H3,(H,35,36). The highest BCUT2D eigenvalue weighted by Gasteiger charge is 2.41. The fourth-order valence-corrected chi connectivity index (χ4v) is 5.88. The molecule has 1 unspecified atom stereocenters. The Hall–Kier alpha value is -4.59. The summed E-state index contributed by atoms with van der Waals surface area (Å²) in [6.45, 7) is 2.03. The lowest BCUT2D eigenvalue weighted by molar-refractivity contribution is 0.415. The van der Waals surface area contributed by atoms with Crippen molar-refractivity contribution >= 4 is 57.8 Å². The molecule has 2 aliphatic rings. The Bertz CT molecular complexity index is 1860. The highest BCUT2D eigenvalue weighted by atomic mass is 35.5. The van der Waals surface area contributed by atoms with E-state index in [9.17, 15) is 0 Å². The van der Waals surface area contributed by atoms with Gasteiger partial charge in [-0.1, -0.05) is 65.7 Å². The third-order valence-corrected chi connectivity index (χ3v) is 7.75. The van der Waals surface area contributed by atoms with Gasteiger partial charge in [-0.05, 0) is 67.1 Å². The number of hydrogen-bond donors (Lipinski definition) is 1. The van der Waals surface area contributed by atoms with E-state index < -0.39 is 0 Å². The van der Waals surface area contributed by atoms with Gasteiger partial charge in [0.25, 0.3) is 0 Å². The fraction of sp³-hybridized carbons (Fsp3) is 0.0938. The summed E-state index contributed by atoms with van der Waals surface area (Å²) in [5.41, 5.74) is 6.34. The van der Waals surface area contributed by atoms with Gasteiger partial charge in [-0.25, -0.2) is 14.7 Å². The van der Waals surface area contributed by atoms with Crippen molar-refractivity contribution in [2.45, 2.75) is 13.0 Å². The molecule has 202 valence electrons. The third-order valence-electron chi connectivity index (χ3n) is 7.22. The molecule has 0 radical (unpaired) electrons. The van der Waals surface area contributed by atoms with Gasteiger partial charge in [-0.15, -0.1) is 0 Å². The molecule has 0 bridgehead atoms. The zero-order valence-electron chi connectivity index (χ0n) is 22.2. The van der Waals surface area contributed by atoms with Gasteiger partial charge in [-0.2, -0.15) is 5.10 Å². The number of benzene rings is 4. The highest BCUT2D eigenvalue weighted by Crippen LogP contribution is 2.48. The Kier molecular flexibility index (Phi) is 6.26. The van der Waals surface area contributed by atoms with E-state index in [0.29, 0.717) is 27.5 Å². The molecule has 0 fully saturated rings. The molecule has 7 rings (SSSR count). The molecule has 5 aromatic rings. The number of hydrogen-bond acceptors (Lipinski definition) is 6. The second kappa shape index (κ2) is 10.1. The third kappa shape index (κ3) is 4.34. The fourth-order valence-electron chi connectivity index (χ4n) is 5.42. The lowest BCUT2D eigenvalue weighted by Gasteiger charge is -2.40.